The molecule has 1 saturated heterocycles. The monoisotopic (exact) mass is 351 g/mol. The van der Waals surface area contributed by atoms with Crippen LogP contribution in [0.25, 0.3) is 0 Å². The highest BCUT2D eigenvalue weighted by Gasteiger charge is 2.43. The number of carbonyl (C=O) groups is 2. The predicted molar refractivity (Wildman–Crippen MR) is 88.6 cm³/mol. The number of aromatic amines is 1. The molecule has 1 fully saturated rings. The van der Waals surface area contributed by atoms with E-state index in [0.29, 0.717) is 17.5 Å². The number of hydrogen-bond acceptors (Lipinski definition) is 6. The Bertz CT molecular complexity index is 711. The van der Waals surface area contributed by atoms with E-state index in [2.05, 4.69) is 26.6 Å². The topological polar surface area (TPSA) is 91.0 Å². The van der Waals surface area contributed by atoms with Crippen LogP contribution in [-0.4, -0.2) is 49.9 Å². The van der Waals surface area contributed by atoms with E-state index in [4.69, 9.17) is 0 Å². The molecule has 7 nitrogen and oxygen atoms in total. The molecule has 0 aromatic carbocycles. The smallest absolute Gasteiger partial charge is 0.324 e. The second kappa shape index (κ2) is 6.32. The fourth-order valence-corrected chi connectivity index (χ4v) is 3.70. The van der Waals surface area contributed by atoms with Gasteiger partial charge in [0.05, 0.1) is 0 Å². The molecule has 3 heterocycles. The van der Waals surface area contributed by atoms with Gasteiger partial charge in [0.15, 0.2) is 0 Å². The van der Waals surface area contributed by atoms with Gasteiger partial charge in [-0.1, -0.05) is 17.8 Å². The highest BCUT2D eigenvalue weighted by atomic mass is 32.2. The molecule has 0 radical (unpaired) electrons. The van der Waals surface area contributed by atoms with Crippen LogP contribution in [0.4, 0.5) is 4.79 Å². The molecule has 0 saturated carbocycles. The summed E-state index contributed by atoms with van der Waals surface area (Å²) in [5.74, 6) is 1.17. The molecular weight excluding hydrogens is 334 g/mol. The number of carbonyl (C=O) groups excluding carboxylic acids is 2. The third kappa shape index (κ3) is 3.56. The highest BCUT2D eigenvalue weighted by Crippen LogP contribution is 2.19. The Kier molecular flexibility index (Phi) is 4.40. The molecule has 1 aliphatic rings. The molecule has 2 aromatic rings. The number of rotatable bonds is 6. The Balaban J connectivity index is 1.51. The number of H-pyrrole nitrogens is 1. The Morgan fingerprint density at radius 2 is 2.22 bits per heavy atom. The van der Waals surface area contributed by atoms with Crippen LogP contribution in [0, 0.1) is 0 Å². The SMILES string of the molecule is CC1(C)NC(=O)N(CCSc2n[nH]c(Cc3cccs3)n2)C1=O. The molecule has 0 unspecified atom stereocenters. The second-order valence-electron chi connectivity index (χ2n) is 5.68. The molecule has 0 spiro atoms. The number of thiophene rings is 1. The molecule has 3 amide bonds. The molecule has 0 aliphatic carbocycles. The van der Waals surface area contributed by atoms with E-state index >= 15 is 0 Å². The van der Waals surface area contributed by atoms with Crippen LogP contribution in [0.1, 0.15) is 24.5 Å². The van der Waals surface area contributed by atoms with Crippen molar-refractivity contribution in [1.29, 1.82) is 0 Å². The number of urea groups is 1. The van der Waals surface area contributed by atoms with Crippen LogP contribution in [-0.2, 0) is 11.2 Å². The summed E-state index contributed by atoms with van der Waals surface area (Å²) in [6.45, 7) is 3.74. The first-order chi connectivity index (χ1) is 11.0. The zero-order valence-electron chi connectivity index (χ0n) is 12.8. The van der Waals surface area contributed by atoms with E-state index < -0.39 is 5.54 Å². The summed E-state index contributed by atoms with van der Waals surface area (Å²) in [5.41, 5.74) is -0.819. The van der Waals surface area contributed by atoms with Gasteiger partial charge < -0.3 is 5.32 Å². The molecule has 9 heteroatoms. The molecular formula is C14H17N5O2S2. The highest BCUT2D eigenvalue weighted by molar-refractivity contribution is 7.99. The standard InChI is InChI=1S/C14H17N5O2S2/c1-14(2)11(20)19(13(21)16-14)5-7-23-12-15-10(17-18-12)8-9-4-3-6-22-9/h3-4,6H,5,7-8H2,1-2H3,(H,16,21)(H,15,17,18). The van der Waals surface area contributed by atoms with Crippen molar-refractivity contribution < 1.29 is 9.59 Å². The van der Waals surface area contributed by atoms with Crippen molar-refractivity contribution in [3.63, 3.8) is 0 Å². The van der Waals surface area contributed by atoms with Gasteiger partial charge >= 0.3 is 6.03 Å². The number of nitrogens with zero attached hydrogens (tertiary/aromatic N) is 3. The van der Waals surface area contributed by atoms with E-state index in [9.17, 15) is 9.59 Å². The quantitative estimate of drug-likeness (QED) is 0.612. The van der Waals surface area contributed by atoms with E-state index in [0.717, 1.165) is 12.2 Å². The van der Waals surface area contributed by atoms with Crippen LogP contribution >= 0.6 is 23.1 Å². The first-order valence-corrected chi connectivity index (χ1v) is 9.03. The Morgan fingerprint density at radius 3 is 2.87 bits per heavy atom. The van der Waals surface area contributed by atoms with Gasteiger partial charge in [-0.15, -0.1) is 16.4 Å². The molecule has 122 valence electrons. The van der Waals surface area contributed by atoms with Gasteiger partial charge in [-0.3, -0.25) is 14.8 Å². The second-order valence-corrected chi connectivity index (χ2v) is 7.78. The Hall–Kier alpha value is -1.87. The number of thioether (sulfide) groups is 1. The average Bonchev–Trinajstić information content (AvgIpc) is 3.18. The average molecular weight is 351 g/mol. The maximum Gasteiger partial charge on any atom is 0.325 e. The minimum atomic E-state index is -0.819. The molecule has 23 heavy (non-hydrogen) atoms. The number of imide groups is 1. The minimum Gasteiger partial charge on any atom is -0.324 e. The Morgan fingerprint density at radius 1 is 1.39 bits per heavy atom. The van der Waals surface area contributed by atoms with Crippen LogP contribution in [0.2, 0.25) is 0 Å². The minimum absolute atomic E-state index is 0.198. The molecule has 2 aromatic heterocycles. The summed E-state index contributed by atoms with van der Waals surface area (Å²) in [4.78, 5) is 30.7. The fraction of sp³-hybridized carbons (Fsp3) is 0.429. The first-order valence-electron chi connectivity index (χ1n) is 7.16. The zero-order valence-corrected chi connectivity index (χ0v) is 14.5. The van der Waals surface area contributed by atoms with Crippen molar-refractivity contribution in [3.8, 4) is 0 Å². The summed E-state index contributed by atoms with van der Waals surface area (Å²) >= 11 is 3.10. The zero-order chi connectivity index (χ0) is 16.4. The molecule has 3 rings (SSSR count). The van der Waals surface area contributed by atoms with Crippen molar-refractivity contribution in [2.45, 2.75) is 31.0 Å². The lowest BCUT2D eigenvalue weighted by Crippen LogP contribution is -2.40. The fourth-order valence-electron chi connectivity index (χ4n) is 2.25. The van der Waals surface area contributed by atoms with E-state index in [-0.39, 0.29) is 11.9 Å². The molecule has 2 N–H and O–H groups in total. The van der Waals surface area contributed by atoms with Crippen molar-refractivity contribution in [1.82, 2.24) is 25.4 Å². The lowest BCUT2D eigenvalue weighted by Gasteiger charge is -2.15. The van der Waals surface area contributed by atoms with Crippen LogP contribution in [0.3, 0.4) is 0 Å². The van der Waals surface area contributed by atoms with Gasteiger partial charge in [-0.05, 0) is 25.3 Å². The van der Waals surface area contributed by atoms with Crippen molar-refractivity contribution in [3.05, 3.63) is 28.2 Å². The van der Waals surface area contributed by atoms with E-state index in [1.165, 1.54) is 21.5 Å². The van der Waals surface area contributed by atoms with Gasteiger partial charge in [-0.2, -0.15) is 0 Å². The van der Waals surface area contributed by atoms with Crippen molar-refractivity contribution in [2.75, 3.05) is 12.3 Å². The predicted octanol–water partition coefficient (Wildman–Crippen LogP) is 1.88. The summed E-state index contributed by atoms with van der Waals surface area (Å²) in [7, 11) is 0. The largest absolute Gasteiger partial charge is 0.325 e. The van der Waals surface area contributed by atoms with Crippen molar-refractivity contribution in [2.24, 2.45) is 0 Å². The summed E-state index contributed by atoms with van der Waals surface area (Å²) in [6, 6.07) is 3.72. The number of hydrogen-bond donors (Lipinski definition) is 2. The third-order valence-corrected chi connectivity index (χ3v) is 5.13. The maximum absolute atomic E-state index is 12.1. The number of aromatic nitrogens is 3. The molecule has 0 bridgehead atoms. The lowest BCUT2D eigenvalue weighted by molar-refractivity contribution is -0.130. The third-order valence-electron chi connectivity index (χ3n) is 3.42. The van der Waals surface area contributed by atoms with Gasteiger partial charge in [0.1, 0.15) is 11.4 Å². The van der Waals surface area contributed by atoms with Gasteiger partial charge in [0, 0.05) is 23.6 Å². The van der Waals surface area contributed by atoms with Crippen LogP contribution < -0.4 is 5.32 Å². The van der Waals surface area contributed by atoms with Gasteiger partial charge in [0.2, 0.25) is 5.16 Å². The van der Waals surface area contributed by atoms with Crippen LogP contribution in [0.5, 0.6) is 0 Å². The maximum atomic E-state index is 12.1. The van der Waals surface area contributed by atoms with E-state index in [1.54, 1.807) is 25.2 Å². The van der Waals surface area contributed by atoms with Crippen molar-refractivity contribution >= 4 is 35.0 Å². The van der Waals surface area contributed by atoms with E-state index in [1.807, 2.05) is 11.4 Å². The normalized spacial score (nSPS) is 16.9. The molecule has 0 atom stereocenters. The first kappa shape index (κ1) is 16.0. The summed E-state index contributed by atoms with van der Waals surface area (Å²) < 4.78 is 0. The summed E-state index contributed by atoms with van der Waals surface area (Å²) in [6.07, 6.45) is 0.729. The number of nitrogens with one attached hydrogen (secondary N) is 2. The number of amides is 3. The Labute approximate surface area is 141 Å². The van der Waals surface area contributed by atoms with Gasteiger partial charge in [-0.25, -0.2) is 9.78 Å². The van der Waals surface area contributed by atoms with Crippen LogP contribution in [0.15, 0.2) is 22.7 Å². The summed E-state index contributed by atoms with van der Waals surface area (Å²) in [5, 5.41) is 12.4. The lowest BCUT2D eigenvalue weighted by atomic mass is 10.1. The molecule has 1 aliphatic heterocycles. The van der Waals surface area contributed by atoms with Gasteiger partial charge in [0.25, 0.3) is 5.91 Å².